The summed E-state index contributed by atoms with van der Waals surface area (Å²) in [5, 5.41) is 6.74. The molecule has 1 N–H and O–H groups in total. The quantitative estimate of drug-likeness (QED) is 0.562. The Morgan fingerprint density at radius 1 is 1.22 bits per heavy atom. The first-order valence-electron chi connectivity index (χ1n) is 7.36. The molecule has 0 aliphatic carbocycles. The third kappa shape index (κ3) is 3.89. The number of benzene rings is 1. The van der Waals surface area contributed by atoms with Crippen molar-refractivity contribution in [2.24, 2.45) is 0 Å². The van der Waals surface area contributed by atoms with Crippen molar-refractivity contribution in [2.45, 2.75) is 24.9 Å². The summed E-state index contributed by atoms with van der Waals surface area (Å²) in [5.41, 5.74) is 0.901. The normalized spacial score (nSPS) is 11.1. The Balaban J connectivity index is 1.93. The highest BCUT2D eigenvalue weighted by atomic mass is 32.2. The molecule has 2 aromatic heterocycles. The predicted octanol–water partition coefficient (Wildman–Crippen LogP) is 3.98. The van der Waals surface area contributed by atoms with Gasteiger partial charge in [0.15, 0.2) is 5.82 Å². The van der Waals surface area contributed by atoms with Crippen molar-refractivity contribution in [1.29, 1.82) is 0 Å². The van der Waals surface area contributed by atoms with Crippen LogP contribution in [-0.2, 0) is 4.79 Å². The number of para-hydroxylation sites is 1. The molecule has 2 heterocycles. The van der Waals surface area contributed by atoms with Crippen molar-refractivity contribution in [3.8, 4) is 10.7 Å². The van der Waals surface area contributed by atoms with Gasteiger partial charge in [0.1, 0.15) is 5.03 Å². The van der Waals surface area contributed by atoms with Crippen LogP contribution < -0.4 is 5.32 Å². The Labute approximate surface area is 143 Å². The number of carbonyl (C=O) groups is 1. The van der Waals surface area contributed by atoms with Crippen LogP contribution in [0.15, 0.2) is 46.8 Å². The molecule has 0 aliphatic heterocycles. The highest BCUT2D eigenvalue weighted by Crippen LogP contribution is 2.29. The molecule has 0 spiro atoms. The van der Waals surface area contributed by atoms with Crippen LogP contribution in [0, 0.1) is 0 Å². The Kier molecular flexibility index (Phi) is 4.93. The molecular weight excluding hydrogens is 326 g/mol. The van der Waals surface area contributed by atoms with Gasteiger partial charge in [0.25, 0.3) is 0 Å². The van der Waals surface area contributed by atoms with Gasteiger partial charge < -0.3 is 5.32 Å². The standard InChI is InChI=1S/C17H17N3OS2/c1-11(2)18-15(21)10-23-17-12-6-3-4-7-13(12)19-16(20-17)14-8-5-9-22-14/h3-9,11H,10H2,1-2H3,(H,18,21). The SMILES string of the molecule is CC(C)NC(=O)CSc1nc(-c2cccs2)nc2ccccc12. The minimum absolute atomic E-state index is 0.0189. The summed E-state index contributed by atoms with van der Waals surface area (Å²) in [5.74, 6) is 1.08. The second kappa shape index (κ2) is 7.10. The number of fused-ring (bicyclic) bond motifs is 1. The number of nitrogens with zero attached hydrogens (tertiary/aromatic N) is 2. The zero-order valence-electron chi connectivity index (χ0n) is 12.9. The zero-order chi connectivity index (χ0) is 16.2. The summed E-state index contributed by atoms with van der Waals surface area (Å²) < 4.78 is 0. The van der Waals surface area contributed by atoms with Crippen molar-refractivity contribution >= 4 is 39.9 Å². The molecule has 3 aromatic rings. The lowest BCUT2D eigenvalue weighted by molar-refractivity contribution is -0.119. The molecule has 0 atom stereocenters. The van der Waals surface area contributed by atoms with Crippen molar-refractivity contribution in [3.63, 3.8) is 0 Å². The molecule has 4 nitrogen and oxygen atoms in total. The van der Waals surface area contributed by atoms with Gasteiger partial charge in [-0.3, -0.25) is 4.79 Å². The predicted molar refractivity (Wildman–Crippen MR) is 96.9 cm³/mol. The summed E-state index contributed by atoms with van der Waals surface area (Å²) in [6.45, 7) is 3.91. The summed E-state index contributed by atoms with van der Waals surface area (Å²) in [7, 11) is 0. The van der Waals surface area contributed by atoms with Crippen LogP contribution in [0.1, 0.15) is 13.8 Å². The zero-order valence-corrected chi connectivity index (χ0v) is 14.6. The summed E-state index contributed by atoms with van der Waals surface area (Å²) >= 11 is 3.07. The smallest absolute Gasteiger partial charge is 0.230 e. The molecule has 118 valence electrons. The average Bonchev–Trinajstić information content (AvgIpc) is 3.06. The first kappa shape index (κ1) is 16.0. The number of hydrogen-bond donors (Lipinski definition) is 1. The highest BCUT2D eigenvalue weighted by Gasteiger charge is 2.12. The maximum Gasteiger partial charge on any atom is 0.230 e. The van der Waals surface area contributed by atoms with E-state index >= 15 is 0 Å². The van der Waals surface area contributed by atoms with Gasteiger partial charge in [-0.1, -0.05) is 36.0 Å². The van der Waals surface area contributed by atoms with Crippen LogP contribution in [0.4, 0.5) is 0 Å². The van der Waals surface area contributed by atoms with E-state index < -0.39 is 0 Å². The second-order valence-corrected chi connectivity index (χ2v) is 7.27. The maximum atomic E-state index is 11.9. The minimum atomic E-state index is 0.0189. The van der Waals surface area contributed by atoms with E-state index in [0.717, 1.165) is 20.8 Å². The fraction of sp³-hybridized carbons (Fsp3) is 0.235. The van der Waals surface area contributed by atoms with Gasteiger partial charge in [0.2, 0.25) is 5.91 Å². The van der Waals surface area contributed by atoms with Crippen LogP contribution >= 0.6 is 23.1 Å². The van der Waals surface area contributed by atoms with Gasteiger partial charge in [0, 0.05) is 11.4 Å². The van der Waals surface area contributed by atoms with E-state index in [1.807, 2.05) is 55.6 Å². The summed E-state index contributed by atoms with van der Waals surface area (Å²) in [4.78, 5) is 22.3. The molecule has 0 radical (unpaired) electrons. The molecule has 6 heteroatoms. The van der Waals surface area contributed by atoms with Crippen LogP contribution in [0.3, 0.4) is 0 Å². The maximum absolute atomic E-state index is 11.9. The van der Waals surface area contributed by atoms with Crippen molar-refractivity contribution in [2.75, 3.05) is 5.75 Å². The van der Waals surface area contributed by atoms with Crippen LogP contribution in [0.5, 0.6) is 0 Å². The lowest BCUT2D eigenvalue weighted by Crippen LogP contribution is -2.31. The third-order valence-electron chi connectivity index (χ3n) is 3.10. The van der Waals surface area contributed by atoms with Crippen LogP contribution in [0.2, 0.25) is 0 Å². The number of hydrogen-bond acceptors (Lipinski definition) is 5. The van der Waals surface area contributed by atoms with Gasteiger partial charge in [-0.25, -0.2) is 9.97 Å². The lowest BCUT2D eigenvalue weighted by atomic mass is 10.2. The van der Waals surface area contributed by atoms with Crippen molar-refractivity contribution in [1.82, 2.24) is 15.3 Å². The number of carbonyl (C=O) groups excluding carboxylic acids is 1. The fourth-order valence-corrected chi connectivity index (χ4v) is 3.66. The van der Waals surface area contributed by atoms with Crippen molar-refractivity contribution < 1.29 is 4.79 Å². The topological polar surface area (TPSA) is 54.9 Å². The highest BCUT2D eigenvalue weighted by molar-refractivity contribution is 8.00. The minimum Gasteiger partial charge on any atom is -0.353 e. The molecule has 0 unspecified atom stereocenters. The Morgan fingerprint density at radius 2 is 2.04 bits per heavy atom. The van der Waals surface area contributed by atoms with E-state index in [2.05, 4.69) is 15.3 Å². The van der Waals surface area contributed by atoms with Crippen molar-refractivity contribution in [3.05, 3.63) is 41.8 Å². The first-order chi connectivity index (χ1) is 11.1. The van der Waals surface area contributed by atoms with E-state index in [-0.39, 0.29) is 11.9 Å². The number of amides is 1. The number of aromatic nitrogens is 2. The lowest BCUT2D eigenvalue weighted by Gasteiger charge is -2.09. The monoisotopic (exact) mass is 343 g/mol. The third-order valence-corrected chi connectivity index (χ3v) is 4.96. The summed E-state index contributed by atoms with van der Waals surface area (Å²) in [6.07, 6.45) is 0. The molecule has 0 fully saturated rings. The number of thioether (sulfide) groups is 1. The van der Waals surface area contributed by atoms with Gasteiger partial charge in [0.05, 0.1) is 16.1 Å². The number of nitrogens with one attached hydrogen (secondary N) is 1. The van der Waals surface area contributed by atoms with Crippen LogP contribution in [0.25, 0.3) is 21.6 Å². The fourth-order valence-electron chi connectivity index (χ4n) is 2.17. The van der Waals surface area contributed by atoms with Gasteiger partial charge in [-0.2, -0.15) is 0 Å². The molecule has 23 heavy (non-hydrogen) atoms. The molecule has 0 aliphatic rings. The first-order valence-corrected chi connectivity index (χ1v) is 9.23. The van der Waals surface area contributed by atoms with Gasteiger partial charge in [-0.15, -0.1) is 11.3 Å². The van der Waals surface area contributed by atoms with E-state index in [0.29, 0.717) is 11.6 Å². The molecule has 3 rings (SSSR count). The Morgan fingerprint density at radius 3 is 2.78 bits per heavy atom. The molecule has 0 bridgehead atoms. The Hall–Kier alpha value is -1.92. The average molecular weight is 343 g/mol. The summed E-state index contributed by atoms with van der Waals surface area (Å²) in [6, 6.07) is 12.0. The molecule has 0 saturated carbocycles. The van der Waals surface area contributed by atoms with Gasteiger partial charge >= 0.3 is 0 Å². The van der Waals surface area contributed by atoms with E-state index in [9.17, 15) is 4.79 Å². The van der Waals surface area contributed by atoms with Crippen LogP contribution in [-0.4, -0.2) is 27.7 Å². The molecule has 0 saturated heterocycles. The van der Waals surface area contributed by atoms with E-state index in [1.54, 1.807) is 11.3 Å². The molecule has 1 aromatic carbocycles. The molecule has 1 amide bonds. The second-order valence-electron chi connectivity index (χ2n) is 5.36. The van der Waals surface area contributed by atoms with E-state index in [4.69, 9.17) is 0 Å². The number of thiophene rings is 1. The van der Waals surface area contributed by atoms with Gasteiger partial charge in [-0.05, 0) is 31.4 Å². The Bertz CT molecular complexity index is 816. The molecular formula is C17H17N3OS2. The number of rotatable bonds is 5. The largest absolute Gasteiger partial charge is 0.353 e. The van der Waals surface area contributed by atoms with E-state index in [1.165, 1.54) is 11.8 Å².